The summed E-state index contributed by atoms with van der Waals surface area (Å²) in [5.74, 6) is -0.346. The molecule has 0 amide bonds. The summed E-state index contributed by atoms with van der Waals surface area (Å²) in [6.45, 7) is 2.91. The van der Waals surface area contributed by atoms with Crippen molar-refractivity contribution in [3.8, 4) is 0 Å². The van der Waals surface area contributed by atoms with Crippen LogP contribution in [0.4, 0.5) is 4.39 Å². The van der Waals surface area contributed by atoms with E-state index >= 15 is 0 Å². The van der Waals surface area contributed by atoms with E-state index < -0.39 is 0 Å². The van der Waals surface area contributed by atoms with Gasteiger partial charge in [0.05, 0.1) is 5.02 Å². The van der Waals surface area contributed by atoms with Crippen molar-refractivity contribution in [2.45, 2.75) is 25.8 Å². The van der Waals surface area contributed by atoms with Crippen LogP contribution in [0.2, 0.25) is 10.0 Å². The van der Waals surface area contributed by atoms with Crippen molar-refractivity contribution in [1.29, 1.82) is 0 Å². The second kappa shape index (κ2) is 7.79. The van der Waals surface area contributed by atoms with Gasteiger partial charge in [-0.1, -0.05) is 54.4 Å². The number of halogens is 3. The van der Waals surface area contributed by atoms with Crippen LogP contribution >= 0.6 is 23.2 Å². The molecule has 0 heterocycles. The van der Waals surface area contributed by atoms with Gasteiger partial charge in [-0.2, -0.15) is 0 Å². The third kappa shape index (κ3) is 4.44. The second-order valence-corrected chi connectivity index (χ2v) is 5.82. The van der Waals surface area contributed by atoms with Crippen LogP contribution in [0, 0.1) is 5.82 Å². The highest BCUT2D eigenvalue weighted by Crippen LogP contribution is 2.26. The average Bonchev–Trinajstić information content (AvgIpc) is 2.48. The van der Waals surface area contributed by atoms with E-state index in [-0.39, 0.29) is 16.9 Å². The monoisotopic (exact) mass is 325 g/mol. The molecule has 0 aliphatic heterocycles. The van der Waals surface area contributed by atoms with Crippen LogP contribution in [-0.4, -0.2) is 6.54 Å². The maximum absolute atomic E-state index is 14.3. The normalized spacial score (nSPS) is 12.4. The Balaban J connectivity index is 2.25. The Morgan fingerprint density at radius 1 is 1.10 bits per heavy atom. The lowest BCUT2D eigenvalue weighted by atomic mass is 9.98. The van der Waals surface area contributed by atoms with Crippen LogP contribution < -0.4 is 5.32 Å². The summed E-state index contributed by atoms with van der Waals surface area (Å²) in [5.41, 5.74) is 1.71. The van der Waals surface area contributed by atoms with Crippen LogP contribution in [0.5, 0.6) is 0 Å². The minimum Gasteiger partial charge on any atom is -0.310 e. The molecule has 2 aromatic carbocycles. The summed E-state index contributed by atoms with van der Waals surface area (Å²) in [6, 6.07) is 12.7. The Labute approximate surface area is 135 Å². The number of nitrogens with one attached hydrogen (secondary N) is 1. The SMILES string of the molecule is CCCNC(Cc1ccc(Cl)cc1)c1cccc(Cl)c1F. The van der Waals surface area contributed by atoms with Crippen LogP contribution in [-0.2, 0) is 6.42 Å². The number of hydrogen-bond donors (Lipinski definition) is 1. The predicted octanol–water partition coefficient (Wildman–Crippen LogP) is 5.42. The van der Waals surface area contributed by atoms with E-state index in [1.54, 1.807) is 18.2 Å². The third-order valence-corrected chi connectivity index (χ3v) is 3.89. The lowest BCUT2D eigenvalue weighted by Gasteiger charge is -2.20. The van der Waals surface area contributed by atoms with Crippen molar-refractivity contribution in [2.75, 3.05) is 6.54 Å². The van der Waals surface area contributed by atoms with E-state index in [9.17, 15) is 4.39 Å². The van der Waals surface area contributed by atoms with E-state index in [0.717, 1.165) is 18.5 Å². The third-order valence-electron chi connectivity index (χ3n) is 3.35. The zero-order valence-corrected chi connectivity index (χ0v) is 13.4. The van der Waals surface area contributed by atoms with E-state index in [0.29, 0.717) is 17.0 Å². The van der Waals surface area contributed by atoms with Crippen molar-refractivity contribution < 1.29 is 4.39 Å². The Morgan fingerprint density at radius 3 is 2.48 bits per heavy atom. The molecular formula is C17H18Cl2FN. The molecule has 0 fully saturated rings. The molecule has 1 unspecified atom stereocenters. The molecule has 2 rings (SSSR count). The summed E-state index contributed by atoms with van der Waals surface area (Å²) in [6.07, 6.45) is 1.67. The zero-order chi connectivity index (χ0) is 15.2. The molecule has 2 aromatic rings. The summed E-state index contributed by atoms with van der Waals surface area (Å²) < 4.78 is 14.3. The zero-order valence-electron chi connectivity index (χ0n) is 11.9. The maximum atomic E-state index is 14.3. The topological polar surface area (TPSA) is 12.0 Å². The predicted molar refractivity (Wildman–Crippen MR) is 87.6 cm³/mol. The largest absolute Gasteiger partial charge is 0.310 e. The average molecular weight is 326 g/mol. The molecule has 0 saturated carbocycles. The molecule has 21 heavy (non-hydrogen) atoms. The summed E-state index contributed by atoms with van der Waals surface area (Å²) in [7, 11) is 0. The molecule has 112 valence electrons. The minimum atomic E-state index is -0.346. The van der Waals surface area contributed by atoms with Gasteiger partial charge in [0, 0.05) is 16.6 Å². The lowest BCUT2D eigenvalue weighted by molar-refractivity contribution is 0.497. The van der Waals surface area contributed by atoms with Crippen molar-refractivity contribution in [3.05, 3.63) is 69.5 Å². The van der Waals surface area contributed by atoms with Gasteiger partial charge in [0.1, 0.15) is 5.82 Å². The van der Waals surface area contributed by atoms with Gasteiger partial charge in [-0.25, -0.2) is 4.39 Å². The van der Waals surface area contributed by atoms with Gasteiger partial charge in [0.2, 0.25) is 0 Å². The second-order valence-electron chi connectivity index (χ2n) is 4.98. The molecule has 4 heteroatoms. The summed E-state index contributed by atoms with van der Waals surface area (Å²) >= 11 is 11.8. The van der Waals surface area contributed by atoms with Crippen LogP contribution in [0.15, 0.2) is 42.5 Å². The van der Waals surface area contributed by atoms with E-state index in [1.165, 1.54) is 0 Å². The van der Waals surface area contributed by atoms with Gasteiger partial charge in [-0.3, -0.25) is 0 Å². The minimum absolute atomic E-state index is 0.107. The van der Waals surface area contributed by atoms with Gasteiger partial charge in [0.15, 0.2) is 0 Å². The first-order valence-electron chi connectivity index (χ1n) is 7.03. The van der Waals surface area contributed by atoms with Crippen molar-refractivity contribution in [2.24, 2.45) is 0 Å². The van der Waals surface area contributed by atoms with E-state index in [4.69, 9.17) is 23.2 Å². The van der Waals surface area contributed by atoms with Gasteiger partial charge >= 0.3 is 0 Å². The maximum Gasteiger partial charge on any atom is 0.146 e. The first kappa shape index (κ1) is 16.3. The molecule has 1 N–H and O–H groups in total. The molecule has 0 aliphatic carbocycles. The standard InChI is InChI=1S/C17H18Cl2FN/c1-2-10-21-16(11-12-6-8-13(18)9-7-12)14-4-3-5-15(19)17(14)20/h3-9,16,21H,2,10-11H2,1H3. The molecular weight excluding hydrogens is 308 g/mol. The van der Waals surface area contributed by atoms with Crippen LogP contribution in [0.1, 0.15) is 30.5 Å². The molecule has 0 spiro atoms. The van der Waals surface area contributed by atoms with Crippen molar-refractivity contribution in [3.63, 3.8) is 0 Å². The first-order chi connectivity index (χ1) is 10.1. The van der Waals surface area contributed by atoms with Gasteiger partial charge in [-0.05, 0) is 43.1 Å². The summed E-state index contributed by atoms with van der Waals surface area (Å²) in [5, 5.41) is 4.24. The summed E-state index contributed by atoms with van der Waals surface area (Å²) in [4.78, 5) is 0. The Bertz CT molecular complexity index is 584. The Kier molecular flexibility index (Phi) is 6.04. The van der Waals surface area contributed by atoms with Crippen LogP contribution in [0.3, 0.4) is 0 Å². The van der Waals surface area contributed by atoms with Gasteiger partial charge in [0.25, 0.3) is 0 Å². The molecule has 0 aromatic heterocycles. The molecule has 1 nitrogen and oxygen atoms in total. The quantitative estimate of drug-likeness (QED) is 0.748. The van der Waals surface area contributed by atoms with E-state index in [2.05, 4.69) is 12.2 Å². The lowest BCUT2D eigenvalue weighted by Crippen LogP contribution is -2.25. The van der Waals surface area contributed by atoms with E-state index in [1.807, 2.05) is 24.3 Å². The Hall–Kier alpha value is -1.09. The van der Waals surface area contributed by atoms with Crippen LogP contribution in [0.25, 0.3) is 0 Å². The van der Waals surface area contributed by atoms with Gasteiger partial charge in [-0.15, -0.1) is 0 Å². The van der Waals surface area contributed by atoms with Crippen molar-refractivity contribution >= 4 is 23.2 Å². The highest BCUT2D eigenvalue weighted by atomic mass is 35.5. The first-order valence-corrected chi connectivity index (χ1v) is 7.79. The molecule has 0 saturated heterocycles. The smallest absolute Gasteiger partial charge is 0.146 e. The fourth-order valence-corrected chi connectivity index (χ4v) is 2.56. The number of rotatable bonds is 6. The Morgan fingerprint density at radius 2 is 1.81 bits per heavy atom. The highest BCUT2D eigenvalue weighted by molar-refractivity contribution is 6.31. The number of hydrogen-bond acceptors (Lipinski definition) is 1. The molecule has 0 bridgehead atoms. The highest BCUT2D eigenvalue weighted by Gasteiger charge is 2.17. The fraction of sp³-hybridized carbons (Fsp3) is 0.294. The fourth-order valence-electron chi connectivity index (χ4n) is 2.26. The van der Waals surface area contributed by atoms with Gasteiger partial charge < -0.3 is 5.32 Å². The van der Waals surface area contributed by atoms with Crippen molar-refractivity contribution in [1.82, 2.24) is 5.32 Å². The molecule has 0 radical (unpaired) electrons. The number of benzene rings is 2. The molecule has 0 aliphatic rings. The molecule has 1 atom stereocenters.